The summed E-state index contributed by atoms with van der Waals surface area (Å²) in [5.74, 6) is 0.807. The van der Waals surface area contributed by atoms with Gasteiger partial charge in [0.25, 0.3) is 0 Å². The van der Waals surface area contributed by atoms with Crippen LogP contribution >= 0.6 is 11.6 Å². The van der Waals surface area contributed by atoms with Gasteiger partial charge in [0.2, 0.25) is 0 Å². The molecule has 0 aliphatic rings. The second kappa shape index (κ2) is 9.39. The van der Waals surface area contributed by atoms with Gasteiger partial charge in [0, 0.05) is 11.1 Å². The molecule has 0 aromatic heterocycles. The van der Waals surface area contributed by atoms with Crippen molar-refractivity contribution in [1.82, 2.24) is 5.32 Å². The van der Waals surface area contributed by atoms with Gasteiger partial charge in [-0.05, 0) is 43.0 Å². The summed E-state index contributed by atoms with van der Waals surface area (Å²) in [6.45, 7) is 7.92. The summed E-state index contributed by atoms with van der Waals surface area (Å²) in [7, 11) is 0. The molecule has 108 valence electrons. The Labute approximate surface area is 123 Å². The van der Waals surface area contributed by atoms with Gasteiger partial charge in [-0.15, -0.1) is 0 Å². The molecule has 0 bridgehead atoms. The first-order valence-electron chi connectivity index (χ1n) is 7.70. The van der Waals surface area contributed by atoms with E-state index in [9.17, 15) is 0 Å². The number of benzene rings is 1. The van der Waals surface area contributed by atoms with Crippen molar-refractivity contribution in [3.8, 4) is 0 Å². The number of hydrogen-bond acceptors (Lipinski definition) is 1. The fourth-order valence-electron chi connectivity index (χ4n) is 2.45. The third-order valence-corrected chi connectivity index (χ3v) is 4.13. The van der Waals surface area contributed by atoms with Gasteiger partial charge in [-0.2, -0.15) is 0 Å². The van der Waals surface area contributed by atoms with E-state index in [1.54, 1.807) is 0 Å². The van der Waals surface area contributed by atoms with Gasteiger partial charge in [0.05, 0.1) is 0 Å². The topological polar surface area (TPSA) is 12.0 Å². The van der Waals surface area contributed by atoms with Crippen LogP contribution in [0.15, 0.2) is 24.3 Å². The molecule has 0 heterocycles. The molecule has 2 atom stereocenters. The maximum atomic E-state index is 5.95. The molecule has 0 saturated carbocycles. The maximum absolute atomic E-state index is 5.95. The van der Waals surface area contributed by atoms with Crippen LogP contribution in [-0.4, -0.2) is 6.54 Å². The molecule has 1 N–H and O–H groups in total. The third kappa shape index (κ3) is 5.97. The van der Waals surface area contributed by atoms with Crippen LogP contribution in [0.5, 0.6) is 0 Å². The average molecular weight is 282 g/mol. The van der Waals surface area contributed by atoms with Gasteiger partial charge in [0.1, 0.15) is 0 Å². The Morgan fingerprint density at radius 1 is 1.05 bits per heavy atom. The lowest BCUT2D eigenvalue weighted by Crippen LogP contribution is -2.27. The summed E-state index contributed by atoms with van der Waals surface area (Å²) in [6, 6.07) is 8.69. The molecule has 0 saturated heterocycles. The van der Waals surface area contributed by atoms with Crippen molar-refractivity contribution >= 4 is 11.6 Å². The number of rotatable bonds is 9. The van der Waals surface area contributed by atoms with Gasteiger partial charge >= 0.3 is 0 Å². The van der Waals surface area contributed by atoms with Crippen LogP contribution in [-0.2, 0) is 0 Å². The quantitative estimate of drug-likeness (QED) is 0.621. The highest BCUT2D eigenvalue weighted by Gasteiger charge is 2.11. The SMILES string of the molecule is CCCCC(CC)CNC(CC)c1ccc(Cl)cc1. The highest BCUT2D eigenvalue weighted by Crippen LogP contribution is 2.20. The highest BCUT2D eigenvalue weighted by atomic mass is 35.5. The van der Waals surface area contributed by atoms with Gasteiger partial charge in [-0.3, -0.25) is 0 Å². The van der Waals surface area contributed by atoms with Crippen LogP contribution in [0.3, 0.4) is 0 Å². The summed E-state index contributed by atoms with van der Waals surface area (Å²) in [5.41, 5.74) is 1.34. The average Bonchev–Trinajstić information content (AvgIpc) is 2.44. The largest absolute Gasteiger partial charge is 0.310 e. The Balaban J connectivity index is 2.49. The Bertz CT molecular complexity index is 334. The van der Waals surface area contributed by atoms with Gasteiger partial charge in [0.15, 0.2) is 0 Å². The monoisotopic (exact) mass is 281 g/mol. The summed E-state index contributed by atoms with van der Waals surface area (Å²) in [4.78, 5) is 0. The van der Waals surface area contributed by atoms with Crippen molar-refractivity contribution < 1.29 is 0 Å². The van der Waals surface area contributed by atoms with Crippen LogP contribution in [0.4, 0.5) is 0 Å². The Morgan fingerprint density at radius 2 is 1.74 bits per heavy atom. The van der Waals surface area contributed by atoms with E-state index >= 15 is 0 Å². The summed E-state index contributed by atoms with van der Waals surface area (Å²) in [6.07, 6.45) is 6.37. The molecule has 0 aliphatic heterocycles. The van der Waals surface area contributed by atoms with Crippen molar-refractivity contribution in [3.63, 3.8) is 0 Å². The van der Waals surface area contributed by atoms with Crippen LogP contribution in [0.1, 0.15) is 64.5 Å². The minimum Gasteiger partial charge on any atom is -0.310 e. The molecule has 2 heteroatoms. The number of halogens is 1. The van der Waals surface area contributed by atoms with Crippen molar-refractivity contribution in [2.75, 3.05) is 6.54 Å². The molecule has 1 aromatic carbocycles. The first-order valence-corrected chi connectivity index (χ1v) is 8.07. The Kier molecular flexibility index (Phi) is 8.16. The molecule has 1 aromatic rings. The zero-order valence-electron chi connectivity index (χ0n) is 12.6. The smallest absolute Gasteiger partial charge is 0.0406 e. The lowest BCUT2D eigenvalue weighted by Gasteiger charge is -2.22. The Morgan fingerprint density at radius 3 is 2.26 bits per heavy atom. The lowest BCUT2D eigenvalue weighted by molar-refractivity contribution is 0.386. The standard InChI is InChI=1S/C17H28ClN/c1-4-7-8-14(5-2)13-19-17(6-3)15-9-11-16(18)12-10-15/h9-12,14,17,19H,4-8,13H2,1-3H3. The van der Waals surface area contributed by atoms with E-state index in [0.29, 0.717) is 6.04 Å². The third-order valence-electron chi connectivity index (χ3n) is 3.88. The van der Waals surface area contributed by atoms with E-state index in [4.69, 9.17) is 11.6 Å². The van der Waals surface area contributed by atoms with Crippen molar-refractivity contribution in [2.24, 2.45) is 5.92 Å². The molecule has 0 amide bonds. The van der Waals surface area contributed by atoms with Crippen LogP contribution in [0.25, 0.3) is 0 Å². The van der Waals surface area contributed by atoms with E-state index < -0.39 is 0 Å². The minimum atomic E-state index is 0.452. The number of hydrogen-bond donors (Lipinski definition) is 1. The second-order valence-corrected chi connectivity index (χ2v) is 5.77. The molecule has 2 unspecified atom stereocenters. The fourth-order valence-corrected chi connectivity index (χ4v) is 2.57. The molecule has 1 rings (SSSR count). The summed E-state index contributed by atoms with van der Waals surface area (Å²) in [5, 5.41) is 4.53. The van der Waals surface area contributed by atoms with Crippen LogP contribution in [0, 0.1) is 5.92 Å². The van der Waals surface area contributed by atoms with Gasteiger partial charge < -0.3 is 5.32 Å². The molecular formula is C17H28ClN. The van der Waals surface area contributed by atoms with Gasteiger partial charge in [-0.25, -0.2) is 0 Å². The van der Waals surface area contributed by atoms with Crippen molar-refractivity contribution in [1.29, 1.82) is 0 Å². The summed E-state index contributed by atoms with van der Waals surface area (Å²) < 4.78 is 0. The molecule has 1 nitrogen and oxygen atoms in total. The zero-order valence-corrected chi connectivity index (χ0v) is 13.3. The van der Waals surface area contributed by atoms with E-state index in [0.717, 1.165) is 23.9 Å². The second-order valence-electron chi connectivity index (χ2n) is 5.34. The first-order chi connectivity index (χ1) is 9.21. The lowest BCUT2D eigenvalue weighted by atomic mass is 9.97. The van der Waals surface area contributed by atoms with E-state index in [-0.39, 0.29) is 0 Å². The van der Waals surface area contributed by atoms with E-state index in [1.165, 1.54) is 31.2 Å². The number of nitrogens with one attached hydrogen (secondary N) is 1. The normalized spacial score (nSPS) is 14.3. The van der Waals surface area contributed by atoms with E-state index in [1.807, 2.05) is 12.1 Å². The Hall–Kier alpha value is -0.530. The number of unbranched alkanes of at least 4 members (excludes halogenated alkanes) is 1. The summed E-state index contributed by atoms with van der Waals surface area (Å²) >= 11 is 5.95. The van der Waals surface area contributed by atoms with Crippen LogP contribution in [0.2, 0.25) is 5.02 Å². The first kappa shape index (κ1) is 16.5. The molecule has 0 aliphatic carbocycles. The van der Waals surface area contributed by atoms with Crippen molar-refractivity contribution in [2.45, 2.75) is 58.9 Å². The van der Waals surface area contributed by atoms with Crippen molar-refractivity contribution in [3.05, 3.63) is 34.9 Å². The minimum absolute atomic E-state index is 0.452. The highest BCUT2D eigenvalue weighted by molar-refractivity contribution is 6.30. The predicted octanol–water partition coefficient (Wildman–Crippen LogP) is 5.60. The fraction of sp³-hybridized carbons (Fsp3) is 0.647. The van der Waals surface area contributed by atoms with E-state index in [2.05, 4.69) is 38.2 Å². The molecule has 0 fully saturated rings. The van der Waals surface area contributed by atoms with Crippen LogP contribution < -0.4 is 5.32 Å². The molecule has 19 heavy (non-hydrogen) atoms. The molecular weight excluding hydrogens is 254 g/mol. The maximum Gasteiger partial charge on any atom is 0.0406 e. The predicted molar refractivity (Wildman–Crippen MR) is 85.8 cm³/mol. The molecule has 0 radical (unpaired) electrons. The molecule has 0 spiro atoms. The zero-order chi connectivity index (χ0) is 14.1. The van der Waals surface area contributed by atoms with Gasteiger partial charge in [-0.1, -0.05) is 63.8 Å².